The van der Waals surface area contributed by atoms with Gasteiger partial charge >= 0.3 is 6.18 Å². The lowest BCUT2D eigenvalue weighted by Gasteiger charge is -2.11. The summed E-state index contributed by atoms with van der Waals surface area (Å²) in [5.74, 6) is -1.12. The summed E-state index contributed by atoms with van der Waals surface area (Å²) in [6.45, 7) is 0. The van der Waals surface area contributed by atoms with Crippen LogP contribution < -0.4 is 15.4 Å². The first kappa shape index (κ1) is 23.1. The van der Waals surface area contributed by atoms with Crippen molar-refractivity contribution in [2.75, 3.05) is 12.4 Å². The van der Waals surface area contributed by atoms with Crippen LogP contribution in [-0.2, 0) is 15.8 Å². The van der Waals surface area contributed by atoms with E-state index in [4.69, 9.17) is 4.74 Å². The minimum Gasteiger partial charge on any atom is -0.494 e. The van der Waals surface area contributed by atoms with Gasteiger partial charge in [-0.25, -0.2) is 4.99 Å². The number of thioether (sulfide) groups is 1. The maximum Gasteiger partial charge on any atom is 0.418 e. The quantitative estimate of drug-likeness (QED) is 0.490. The highest BCUT2D eigenvalue weighted by atomic mass is 32.2. The molecule has 1 unspecified atom stereocenters. The molecule has 13 heteroatoms. The number of hydrogen-bond donors (Lipinski definition) is 2. The smallest absolute Gasteiger partial charge is 0.418 e. The van der Waals surface area contributed by atoms with Crippen LogP contribution in [0.15, 0.2) is 47.5 Å². The minimum absolute atomic E-state index is 0.0575. The number of benzene rings is 2. The molecule has 2 aromatic carbocycles. The second kappa shape index (κ2) is 9.26. The summed E-state index contributed by atoms with van der Waals surface area (Å²) in [6, 6.07) is 8.27. The summed E-state index contributed by atoms with van der Waals surface area (Å²) >= 11 is 0.829. The van der Waals surface area contributed by atoms with E-state index in [1.807, 2.05) is 0 Å². The number of amidine groups is 1. The van der Waals surface area contributed by atoms with Crippen molar-refractivity contribution in [3.63, 3.8) is 0 Å². The van der Waals surface area contributed by atoms with Crippen LogP contribution >= 0.6 is 11.8 Å². The molecule has 2 amide bonds. The van der Waals surface area contributed by atoms with Crippen LogP contribution in [0.5, 0.6) is 5.75 Å². The van der Waals surface area contributed by atoms with Gasteiger partial charge in [-0.1, -0.05) is 23.9 Å². The second-order valence-electron chi connectivity index (χ2n) is 6.42. The molecule has 0 aromatic heterocycles. The Balaban J connectivity index is 1.70. The number of nitrogens with zero attached hydrogens (tertiary/aromatic N) is 2. The number of nitrogens with one attached hydrogen (secondary N) is 2. The van der Waals surface area contributed by atoms with Crippen molar-refractivity contribution in [3.8, 4) is 5.75 Å². The van der Waals surface area contributed by atoms with E-state index in [2.05, 4.69) is 15.6 Å². The topological polar surface area (TPSA) is 123 Å². The van der Waals surface area contributed by atoms with Crippen LogP contribution in [0.4, 0.5) is 30.2 Å². The molecule has 0 saturated carbocycles. The monoisotopic (exact) mass is 468 g/mol. The van der Waals surface area contributed by atoms with Gasteiger partial charge in [0.2, 0.25) is 11.8 Å². The van der Waals surface area contributed by atoms with Crippen molar-refractivity contribution >= 4 is 45.8 Å². The fourth-order valence-corrected chi connectivity index (χ4v) is 3.76. The van der Waals surface area contributed by atoms with E-state index in [-0.39, 0.29) is 34.4 Å². The van der Waals surface area contributed by atoms with Crippen LogP contribution in [-0.4, -0.2) is 34.3 Å². The number of halogens is 3. The number of nitro groups is 1. The molecular formula is C19H15F3N4O5S. The maximum atomic E-state index is 13.1. The Bertz CT molecular complexity index is 1110. The van der Waals surface area contributed by atoms with Crippen LogP contribution in [0.1, 0.15) is 12.0 Å². The molecule has 1 aliphatic heterocycles. The highest BCUT2D eigenvalue weighted by Crippen LogP contribution is 2.37. The number of para-hydroxylation sites is 1. The molecule has 1 atom stereocenters. The number of aliphatic imine (C=N–C) groups is 1. The predicted octanol–water partition coefficient (Wildman–Crippen LogP) is 3.87. The minimum atomic E-state index is -4.61. The molecule has 0 bridgehead atoms. The Hall–Kier alpha value is -3.61. The fourth-order valence-electron chi connectivity index (χ4n) is 2.78. The maximum absolute atomic E-state index is 13.1. The summed E-state index contributed by atoms with van der Waals surface area (Å²) in [4.78, 5) is 38.7. The number of methoxy groups -OCH3 is 1. The Kier molecular flexibility index (Phi) is 6.67. The number of ether oxygens (including phenoxy) is 1. The highest BCUT2D eigenvalue weighted by molar-refractivity contribution is 8.15. The van der Waals surface area contributed by atoms with Crippen molar-refractivity contribution in [1.29, 1.82) is 0 Å². The summed E-state index contributed by atoms with van der Waals surface area (Å²) in [5.41, 5.74) is -1.37. The van der Waals surface area contributed by atoms with E-state index in [1.165, 1.54) is 37.4 Å². The Morgan fingerprint density at radius 2 is 2.03 bits per heavy atom. The third kappa shape index (κ3) is 5.35. The first-order valence-corrected chi connectivity index (χ1v) is 9.81. The number of alkyl halides is 3. The molecule has 2 N–H and O–H groups in total. The molecular weight excluding hydrogens is 453 g/mol. The van der Waals surface area contributed by atoms with Gasteiger partial charge < -0.3 is 15.4 Å². The van der Waals surface area contributed by atoms with Crippen molar-refractivity contribution in [2.24, 2.45) is 4.99 Å². The third-order valence-corrected chi connectivity index (χ3v) is 5.33. The molecule has 0 aliphatic carbocycles. The number of carbonyl (C=O) groups is 2. The van der Waals surface area contributed by atoms with Crippen LogP contribution in [0.3, 0.4) is 0 Å². The number of hydrogen-bond acceptors (Lipinski definition) is 7. The zero-order chi connectivity index (χ0) is 23.5. The molecule has 2 aromatic rings. The molecule has 1 saturated heterocycles. The molecule has 1 heterocycles. The predicted molar refractivity (Wildman–Crippen MR) is 111 cm³/mol. The molecule has 0 spiro atoms. The number of anilines is 1. The zero-order valence-electron chi connectivity index (χ0n) is 16.3. The van der Waals surface area contributed by atoms with Gasteiger partial charge in [-0.15, -0.1) is 0 Å². The number of non-ortho nitro benzene ring substituents is 1. The lowest BCUT2D eigenvalue weighted by atomic mass is 10.2. The first-order chi connectivity index (χ1) is 15.1. The Morgan fingerprint density at radius 3 is 2.69 bits per heavy atom. The summed E-state index contributed by atoms with van der Waals surface area (Å²) in [6.07, 6.45) is -4.92. The number of rotatable bonds is 6. The van der Waals surface area contributed by atoms with Crippen LogP contribution in [0.2, 0.25) is 0 Å². The average molecular weight is 468 g/mol. The van der Waals surface area contributed by atoms with E-state index in [0.29, 0.717) is 0 Å². The fraction of sp³-hybridized carbons (Fsp3) is 0.211. The number of carbonyl (C=O) groups excluding carboxylic acids is 2. The number of amides is 2. The molecule has 0 radical (unpaired) electrons. The van der Waals surface area contributed by atoms with E-state index in [9.17, 15) is 32.9 Å². The normalized spacial score (nSPS) is 17.2. The van der Waals surface area contributed by atoms with Crippen molar-refractivity contribution in [1.82, 2.24) is 5.32 Å². The third-order valence-electron chi connectivity index (χ3n) is 4.25. The average Bonchev–Trinajstić information content (AvgIpc) is 3.06. The Labute approximate surface area is 183 Å². The SMILES string of the molecule is COc1cc([N+](=O)[O-])ccc1NC(=O)CC1SC(=Nc2ccccc2C(F)(F)F)NC1=O. The molecule has 9 nitrogen and oxygen atoms in total. The summed E-state index contributed by atoms with van der Waals surface area (Å²) in [7, 11) is 1.27. The van der Waals surface area contributed by atoms with Crippen molar-refractivity contribution in [3.05, 3.63) is 58.1 Å². The lowest BCUT2D eigenvalue weighted by molar-refractivity contribution is -0.384. The number of nitro benzene ring substituents is 1. The standard InChI is InChI=1S/C19H15F3N4O5S/c1-31-14-8-10(26(29)30)6-7-13(14)23-16(27)9-15-17(28)25-18(32-15)24-12-5-3-2-4-11(12)19(20,21)22/h2-8,15H,9H2,1H3,(H,23,27)(H,24,25,28). The summed E-state index contributed by atoms with van der Waals surface area (Å²) in [5, 5.41) is 14.7. The molecule has 1 fully saturated rings. The first-order valence-electron chi connectivity index (χ1n) is 8.93. The summed E-state index contributed by atoms with van der Waals surface area (Å²) < 4.78 is 44.4. The highest BCUT2D eigenvalue weighted by Gasteiger charge is 2.35. The van der Waals surface area contributed by atoms with Gasteiger partial charge in [0.15, 0.2) is 5.17 Å². The molecule has 32 heavy (non-hydrogen) atoms. The Morgan fingerprint density at radius 1 is 1.31 bits per heavy atom. The zero-order valence-corrected chi connectivity index (χ0v) is 17.1. The van der Waals surface area contributed by atoms with Gasteiger partial charge in [-0.2, -0.15) is 13.2 Å². The molecule has 3 rings (SSSR count). The van der Waals surface area contributed by atoms with E-state index < -0.39 is 33.7 Å². The van der Waals surface area contributed by atoms with Gasteiger partial charge in [0.05, 0.1) is 35.0 Å². The van der Waals surface area contributed by atoms with Gasteiger partial charge in [0.1, 0.15) is 11.0 Å². The van der Waals surface area contributed by atoms with E-state index in [0.717, 1.165) is 23.9 Å². The van der Waals surface area contributed by atoms with Crippen LogP contribution in [0, 0.1) is 10.1 Å². The molecule has 168 valence electrons. The van der Waals surface area contributed by atoms with Gasteiger partial charge in [-0.05, 0) is 18.2 Å². The van der Waals surface area contributed by atoms with Crippen molar-refractivity contribution in [2.45, 2.75) is 17.8 Å². The van der Waals surface area contributed by atoms with Crippen molar-refractivity contribution < 1.29 is 32.4 Å². The largest absolute Gasteiger partial charge is 0.494 e. The van der Waals surface area contributed by atoms with E-state index >= 15 is 0 Å². The second-order valence-corrected chi connectivity index (χ2v) is 7.61. The van der Waals surface area contributed by atoms with Gasteiger partial charge in [0.25, 0.3) is 5.69 Å². The van der Waals surface area contributed by atoms with Crippen LogP contribution in [0.25, 0.3) is 0 Å². The molecule has 1 aliphatic rings. The van der Waals surface area contributed by atoms with Gasteiger partial charge in [-0.3, -0.25) is 19.7 Å². The lowest BCUT2D eigenvalue weighted by Crippen LogP contribution is -2.28. The van der Waals surface area contributed by atoms with E-state index in [1.54, 1.807) is 0 Å². The van der Waals surface area contributed by atoms with Gasteiger partial charge in [0, 0.05) is 12.5 Å².